The molecule has 0 bridgehead atoms. The Morgan fingerprint density at radius 3 is 2.29 bits per heavy atom. The lowest BCUT2D eigenvalue weighted by Crippen LogP contribution is -2.42. The van der Waals surface area contributed by atoms with Gasteiger partial charge in [-0.25, -0.2) is 8.42 Å². The summed E-state index contributed by atoms with van der Waals surface area (Å²) in [6.07, 6.45) is 0.678. The number of nitrogens with one attached hydrogen (secondary N) is 1. The Morgan fingerprint density at radius 1 is 1.00 bits per heavy atom. The third-order valence-electron chi connectivity index (χ3n) is 4.94. The van der Waals surface area contributed by atoms with Gasteiger partial charge in [-0.1, -0.05) is 72.6 Å². The van der Waals surface area contributed by atoms with Crippen molar-refractivity contribution < 1.29 is 13.2 Å². The largest absolute Gasteiger partial charge is 0.348 e. The summed E-state index contributed by atoms with van der Waals surface area (Å²) in [5.74, 6) is -0.396. The average molecular weight is 457 g/mol. The van der Waals surface area contributed by atoms with Crippen molar-refractivity contribution in [2.45, 2.75) is 31.2 Å². The number of anilines is 1. The molecule has 0 aromatic heterocycles. The summed E-state index contributed by atoms with van der Waals surface area (Å²) in [5, 5.41) is 3.35. The maximum absolute atomic E-state index is 13.3. The van der Waals surface area contributed by atoms with Gasteiger partial charge >= 0.3 is 0 Å². The Kier molecular flexibility index (Phi) is 7.36. The van der Waals surface area contributed by atoms with E-state index in [-0.39, 0.29) is 17.5 Å². The second-order valence-electron chi connectivity index (χ2n) is 7.24. The topological polar surface area (TPSA) is 66.5 Å². The van der Waals surface area contributed by atoms with Gasteiger partial charge in [0.15, 0.2) is 0 Å². The van der Waals surface area contributed by atoms with Crippen LogP contribution < -0.4 is 9.62 Å². The summed E-state index contributed by atoms with van der Waals surface area (Å²) in [6.45, 7) is 3.61. The van der Waals surface area contributed by atoms with E-state index in [1.54, 1.807) is 36.4 Å². The van der Waals surface area contributed by atoms with Crippen LogP contribution in [0.25, 0.3) is 0 Å². The number of hydrogen-bond donors (Lipinski definition) is 1. The Balaban J connectivity index is 1.89. The Morgan fingerprint density at radius 2 is 1.68 bits per heavy atom. The first-order valence-corrected chi connectivity index (χ1v) is 11.8. The van der Waals surface area contributed by atoms with Gasteiger partial charge in [-0.3, -0.25) is 9.10 Å². The summed E-state index contributed by atoms with van der Waals surface area (Å²) in [4.78, 5) is 13.1. The molecule has 3 aromatic rings. The number of rotatable bonds is 8. The molecule has 0 aliphatic carbocycles. The van der Waals surface area contributed by atoms with Gasteiger partial charge in [-0.05, 0) is 49.2 Å². The van der Waals surface area contributed by atoms with Crippen molar-refractivity contribution in [3.8, 4) is 0 Å². The quantitative estimate of drug-likeness (QED) is 0.512. The van der Waals surface area contributed by atoms with Crippen molar-refractivity contribution in [1.29, 1.82) is 0 Å². The minimum Gasteiger partial charge on any atom is -0.348 e. The molecule has 1 N–H and O–H groups in total. The van der Waals surface area contributed by atoms with E-state index in [2.05, 4.69) is 5.32 Å². The second kappa shape index (κ2) is 9.98. The molecular weight excluding hydrogens is 432 g/mol. The standard InChI is InChI=1S/C24H25ClN2O3S/c1-3-23(19-14-12-18(2)13-15-19)26-24(28)17-27(21-9-7-8-20(25)16-21)31(29,30)22-10-5-4-6-11-22/h4-16,23H,3,17H2,1-2H3,(H,26,28)/t23-/m1/s1. The first-order chi connectivity index (χ1) is 14.8. The van der Waals surface area contributed by atoms with E-state index in [4.69, 9.17) is 11.6 Å². The van der Waals surface area contributed by atoms with Gasteiger partial charge in [-0.2, -0.15) is 0 Å². The number of aryl methyl sites for hydroxylation is 1. The van der Waals surface area contributed by atoms with Gasteiger partial charge in [0, 0.05) is 5.02 Å². The lowest BCUT2D eigenvalue weighted by Gasteiger charge is -2.26. The van der Waals surface area contributed by atoms with Gasteiger partial charge in [0.1, 0.15) is 6.54 Å². The van der Waals surface area contributed by atoms with Crippen molar-refractivity contribution >= 4 is 33.2 Å². The summed E-state index contributed by atoms with van der Waals surface area (Å²) in [6, 6.07) is 22.2. The fourth-order valence-corrected chi connectivity index (χ4v) is 4.87. The number of carbonyl (C=O) groups is 1. The molecule has 0 saturated carbocycles. The van der Waals surface area contributed by atoms with Gasteiger partial charge in [0.25, 0.3) is 10.0 Å². The number of amides is 1. The van der Waals surface area contributed by atoms with Crippen LogP contribution in [0.5, 0.6) is 0 Å². The van der Waals surface area contributed by atoms with Crippen molar-refractivity contribution in [3.05, 3.63) is 95.0 Å². The lowest BCUT2D eigenvalue weighted by molar-refractivity contribution is -0.120. The number of sulfonamides is 1. The molecule has 0 heterocycles. The molecule has 3 rings (SSSR count). The normalized spacial score (nSPS) is 12.2. The van der Waals surface area contributed by atoms with E-state index in [1.807, 2.05) is 38.1 Å². The molecule has 0 unspecified atom stereocenters. The van der Waals surface area contributed by atoms with Crippen LogP contribution in [0.15, 0.2) is 83.8 Å². The highest BCUT2D eigenvalue weighted by molar-refractivity contribution is 7.92. The maximum atomic E-state index is 13.3. The van der Waals surface area contributed by atoms with E-state index < -0.39 is 15.9 Å². The highest BCUT2D eigenvalue weighted by Gasteiger charge is 2.28. The lowest BCUT2D eigenvalue weighted by atomic mass is 10.0. The van der Waals surface area contributed by atoms with E-state index >= 15 is 0 Å². The number of halogens is 1. The molecular formula is C24H25ClN2O3S. The van der Waals surface area contributed by atoms with Gasteiger partial charge in [-0.15, -0.1) is 0 Å². The Bertz CT molecular complexity index is 1130. The van der Waals surface area contributed by atoms with E-state index in [1.165, 1.54) is 18.2 Å². The Hall–Kier alpha value is -2.83. The molecule has 7 heteroatoms. The number of carbonyl (C=O) groups excluding carboxylic acids is 1. The first kappa shape index (κ1) is 22.8. The van der Waals surface area contributed by atoms with Crippen molar-refractivity contribution in [1.82, 2.24) is 5.32 Å². The average Bonchev–Trinajstić information content (AvgIpc) is 2.77. The highest BCUT2D eigenvalue weighted by Crippen LogP contribution is 2.26. The predicted octanol–water partition coefficient (Wildman–Crippen LogP) is 5.11. The molecule has 0 aliphatic rings. The minimum absolute atomic E-state index is 0.105. The zero-order valence-electron chi connectivity index (χ0n) is 17.5. The van der Waals surface area contributed by atoms with Crippen LogP contribution in [-0.4, -0.2) is 20.9 Å². The third kappa shape index (κ3) is 5.66. The number of nitrogens with zero attached hydrogens (tertiary/aromatic N) is 1. The van der Waals surface area contributed by atoms with Crippen LogP contribution in [0.3, 0.4) is 0 Å². The van der Waals surface area contributed by atoms with Crippen LogP contribution in [-0.2, 0) is 14.8 Å². The van der Waals surface area contributed by atoms with E-state index in [0.29, 0.717) is 17.1 Å². The van der Waals surface area contributed by atoms with Crippen LogP contribution in [0, 0.1) is 6.92 Å². The fourth-order valence-electron chi connectivity index (χ4n) is 3.26. The Labute approximate surface area is 188 Å². The van der Waals surface area contributed by atoms with E-state index in [0.717, 1.165) is 15.4 Å². The molecule has 0 fully saturated rings. The molecule has 0 aliphatic heterocycles. The second-order valence-corrected chi connectivity index (χ2v) is 9.54. The molecule has 5 nitrogen and oxygen atoms in total. The monoisotopic (exact) mass is 456 g/mol. The number of benzene rings is 3. The van der Waals surface area contributed by atoms with Gasteiger partial charge in [0.2, 0.25) is 5.91 Å². The molecule has 0 saturated heterocycles. The maximum Gasteiger partial charge on any atom is 0.264 e. The molecule has 31 heavy (non-hydrogen) atoms. The summed E-state index contributed by atoms with van der Waals surface area (Å²) < 4.78 is 27.8. The zero-order valence-corrected chi connectivity index (χ0v) is 19.0. The highest BCUT2D eigenvalue weighted by atomic mass is 35.5. The van der Waals surface area contributed by atoms with Crippen LogP contribution in [0.1, 0.15) is 30.5 Å². The minimum atomic E-state index is -3.96. The smallest absolute Gasteiger partial charge is 0.264 e. The molecule has 3 aromatic carbocycles. The van der Waals surface area contributed by atoms with Gasteiger partial charge in [0.05, 0.1) is 16.6 Å². The molecule has 0 radical (unpaired) electrons. The zero-order chi connectivity index (χ0) is 22.4. The van der Waals surface area contributed by atoms with Crippen molar-refractivity contribution in [3.63, 3.8) is 0 Å². The van der Waals surface area contributed by atoms with Crippen molar-refractivity contribution in [2.24, 2.45) is 0 Å². The SMILES string of the molecule is CC[C@@H](NC(=O)CN(c1cccc(Cl)c1)S(=O)(=O)c1ccccc1)c1ccc(C)cc1. The van der Waals surface area contributed by atoms with Crippen LogP contribution >= 0.6 is 11.6 Å². The molecule has 1 amide bonds. The first-order valence-electron chi connectivity index (χ1n) is 10.0. The molecule has 0 spiro atoms. The molecule has 1 atom stereocenters. The van der Waals surface area contributed by atoms with E-state index in [9.17, 15) is 13.2 Å². The fraction of sp³-hybridized carbons (Fsp3) is 0.208. The summed E-state index contributed by atoms with van der Waals surface area (Å²) in [7, 11) is -3.96. The summed E-state index contributed by atoms with van der Waals surface area (Å²) >= 11 is 6.10. The molecule has 162 valence electrons. The number of hydrogen-bond acceptors (Lipinski definition) is 3. The third-order valence-corrected chi connectivity index (χ3v) is 6.96. The van der Waals surface area contributed by atoms with Crippen LogP contribution in [0.4, 0.5) is 5.69 Å². The summed E-state index contributed by atoms with van der Waals surface area (Å²) in [5.41, 5.74) is 2.43. The predicted molar refractivity (Wildman–Crippen MR) is 125 cm³/mol. The van der Waals surface area contributed by atoms with Crippen molar-refractivity contribution in [2.75, 3.05) is 10.8 Å². The van der Waals surface area contributed by atoms with Crippen LogP contribution in [0.2, 0.25) is 5.02 Å². The van der Waals surface area contributed by atoms with Gasteiger partial charge < -0.3 is 5.32 Å².